The van der Waals surface area contributed by atoms with Crippen LogP contribution in [0.4, 0.5) is 10.1 Å². The minimum atomic E-state index is -0.203. The number of hydrogen-bond donors (Lipinski definition) is 1. The number of rotatable bonds is 6. The zero-order valence-corrected chi connectivity index (χ0v) is 14.7. The fraction of sp³-hybridized carbons (Fsp3) is 0.632. The van der Waals surface area contributed by atoms with Crippen molar-refractivity contribution in [3.05, 3.63) is 30.1 Å². The van der Waals surface area contributed by atoms with Crippen molar-refractivity contribution >= 4 is 11.6 Å². The summed E-state index contributed by atoms with van der Waals surface area (Å²) in [5.74, 6) is -0.0323. The van der Waals surface area contributed by atoms with Crippen LogP contribution in [0.5, 0.6) is 0 Å². The van der Waals surface area contributed by atoms with Crippen molar-refractivity contribution in [3.63, 3.8) is 0 Å². The molecule has 1 aromatic rings. The number of aliphatic hydroxyl groups is 1. The van der Waals surface area contributed by atoms with Crippen molar-refractivity contribution in [2.45, 2.75) is 31.7 Å². The van der Waals surface area contributed by atoms with Gasteiger partial charge >= 0.3 is 0 Å². The van der Waals surface area contributed by atoms with Gasteiger partial charge in [-0.15, -0.1) is 0 Å². The first-order chi connectivity index (χ1) is 12.2. The number of hydrogen-bond acceptors (Lipinski definition) is 4. The smallest absolute Gasteiger partial charge is 0.236 e. The van der Waals surface area contributed by atoms with Gasteiger partial charge in [-0.1, -0.05) is 12.1 Å². The molecule has 6 heteroatoms. The molecule has 138 valence electrons. The summed E-state index contributed by atoms with van der Waals surface area (Å²) in [6, 6.07) is 7.24. The van der Waals surface area contributed by atoms with E-state index < -0.39 is 0 Å². The number of halogens is 1. The van der Waals surface area contributed by atoms with Gasteiger partial charge in [-0.3, -0.25) is 9.69 Å². The molecule has 0 spiro atoms. The van der Waals surface area contributed by atoms with Crippen molar-refractivity contribution < 1.29 is 14.3 Å². The molecule has 0 aromatic heterocycles. The highest BCUT2D eigenvalue weighted by Crippen LogP contribution is 2.22. The SMILES string of the molecule is O=C(CN1CCCC1CCCO)N1CCN(c2ccccc2F)CC1. The lowest BCUT2D eigenvalue weighted by atomic mass is 10.1. The van der Waals surface area contributed by atoms with Crippen molar-refractivity contribution in [1.82, 2.24) is 9.80 Å². The van der Waals surface area contributed by atoms with Crippen LogP contribution in [0, 0.1) is 5.82 Å². The lowest BCUT2D eigenvalue weighted by Gasteiger charge is -2.37. The summed E-state index contributed by atoms with van der Waals surface area (Å²) >= 11 is 0. The Kier molecular flexibility index (Phi) is 6.26. The van der Waals surface area contributed by atoms with E-state index in [1.807, 2.05) is 15.9 Å². The van der Waals surface area contributed by atoms with Crippen molar-refractivity contribution in [3.8, 4) is 0 Å². The molecule has 5 nitrogen and oxygen atoms in total. The topological polar surface area (TPSA) is 47.0 Å². The van der Waals surface area contributed by atoms with Gasteiger partial charge in [0.2, 0.25) is 5.91 Å². The first-order valence-electron chi connectivity index (χ1n) is 9.31. The van der Waals surface area contributed by atoms with E-state index in [2.05, 4.69) is 4.90 Å². The quantitative estimate of drug-likeness (QED) is 0.849. The van der Waals surface area contributed by atoms with Crippen LogP contribution in [0.15, 0.2) is 24.3 Å². The van der Waals surface area contributed by atoms with E-state index in [-0.39, 0.29) is 18.3 Å². The van der Waals surface area contributed by atoms with E-state index in [1.165, 1.54) is 6.07 Å². The number of para-hydroxylation sites is 1. The Morgan fingerprint density at radius 1 is 1.16 bits per heavy atom. The van der Waals surface area contributed by atoms with Crippen molar-refractivity contribution in [2.75, 3.05) is 50.8 Å². The van der Waals surface area contributed by atoms with Gasteiger partial charge in [0, 0.05) is 38.8 Å². The Morgan fingerprint density at radius 2 is 1.92 bits per heavy atom. The van der Waals surface area contributed by atoms with Gasteiger partial charge in [0.25, 0.3) is 0 Å². The maximum Gasteiger partial charge on any atom is 0.236 e. The van der Waals surface area contributed by atoms with E-state index in [0.717, 1.165) is 32.2 Å². The Hall–Kier alpha value is -1.66. The Labute approximate surface area is 149 Å². The summed E-state index contributed by atoms with van der Waals surface area (Å²) in [6.45, 7) is 4.27. The molecule has 1 N–H and O–H groups in total. The predicted octanol–water partition coefficient (Wildman–Crippen LogP) is 1.71. The summed E-state index contributed by atoms with van der Waals surface area (Å²) in [4.78, 5) is 18.8. The third kappa shape index (κ3) is 4.50. The summed E-state index contributed by atoms with van der Waals surface area (Å²) in [5.41, 5.74) is 0.623. The summed E-state index contributed by atoms with van der Waals surface area (Å²) in [5, 5.41) is 9.01. The van der Waals surface area contributed by atoms with Gasteiger partial charge in [-0.2, -0.15) is 0 Å². The monoisotopic (exact) mass is 349 g/mol. The first-order valence-corrected chi connectivity index (χ1v) is 9.31. The van der Waals surface area contributed by atoms with Crippen molar-refractivity contribution in [1.29, 1.82) is 0 Å². The second-order valence-electron chi connectivity index (χ2n) is 6.95. The average Bonchev–Trinajstić information content (AvgIpc) is 3.07. The summed E-state index contributed by atoms with van der Waals surface area (Å²) in [7, 11) is 0. The fourth-order valence-corrected chi connectivity index (χ4v) is 3.94. The number of aliphatic hydroxyl groups excluding tert-OH is 1. The van der Waals surface area contributed by atoms with Crippen LogP contribution in [-0.2, 0) is 4.79 Å². The Bertz CT molecular complexity index is 576. The Balaban J connectivity index is 1.49. The zero-order chi connectivity index (χ0) is 17.6. The minimum Gasteiger partial charge on any atom is -0.396 e. The van der Waals surface area contributed by atoms with Gasteiger partial charge in [0.05, 0.1) is 12.2 Å². The van der Waals surface area contributed by atoms with Crippen LogP contribution in [0.1, 0.15) is 25.7 Å². The Morgan fingerprint density at radius 3 is 2.64 bits per heavy atom. The molecule has 25 heavy (non-hydrogen) atoms. The van der Waals surface area contributed by atoms with E-state index in [9.17, 15) is 9.18 Å². The van der Waals surface area contributed by atoms with Crippen LogP contribution in [-0.4, -0.2) is 72.7 Å². The number of benzene rings is 1. The molecule has 2 heterocycles. The molecule has 1 unspecified atom stereocenters. The lowest BCUT2D eigenvalue weighted by molar-refractivity contribution is -0.133. The highest BCUT2D eigenvalue weighted by molar-refractivity contribution is 5.78. The number of anilines is 1. The number of nitrogens with zero attached hydrogens (tertiary/aromatic N) is 3. The molecule has 0 bridgehead atoms. The van der Waals surface area contributed by atoms with Gasteiger partial charge in [0.15, 0.2) is 0 Å². The number of carbonyl (C=O) groups is 1. The highest BCUT2D eigenvalue weighted by Gasteiger charge is 2.29. The summed E-state index contributed by atoms with van der Waals surface area (Å²) in [6.07, 6.45) is 4.01. The molecule has 1 amide bonds. The van der Waals surface area contributed by atoms with E-state index in [0.29, 0.717) is 44.5 Å². The summed E-state index contributed by atoms with van der Waals surface area (Å²) < 4.78 is 13.9. The van der Waals surface area contributed by atoms with E-state index in [4.69, 9.17) is 5.11 Å². The molecule has 2 fully saturated rings. The third-order valence-corrected chi connectivity index (χ3v) is 5.36. The minimum absolute atomic E-state index is 0.170. The maximum absolute atomic E-state index is 13.9. The number of likely N-dealkylation sites (tertiary alicyclic amines) is 1. The van der Waals surface area contributed by atoms with Crippen LogP contribution in [0.2, 0.25) is 0 Å². The highest BCUT2D eigenvalue weighted by atomic mass is 19.1. The second-order valence-corrected chi connectivity index (χ2v) is 6.95. The zero-order valence-electron chi connectivity index (χ0n) is 14.7. The predicted molar refractivity (Wildman–Crippen MR) is 96.1 cm³/mol. The largest absolute Gasteiger partial charge is 0.396 e. The van der Waals surface area contributed by atoms with Crippen LogP contribution in [0.3, 0.4) is 0 Å². The van der Waals surface area contributed by atoms with Crippen LogP contribution < -0.4 is 4.90 Å². The lowest BCUT2D eigenvalue weighted by Crippen LogP contribution is -2.51. The molecule has 2 aliphatic rings. The van der Waals surface area contributed by atoms with E-state index in [1.54, 1.807) is 12.1 Å². The normalized spacial score (nSPS) is 21.8. The standard InChI is InChI=1S/C19H28FN3O2/c20-17-7-1-2-8-18(17)21-10-12-22(13-11-21)19(25)15-23-9-3-5-16(23)6-4-14-24/h1-2,7-8,16,24H,3-6,9-15H2. The number of carbonyl (C=O) groups excluding carboxylic acids is 1. The van der Waals surface area contributed by atoms with Crippen molar-refractivity contribution in [2.24, 2.45) is 0 Å². The molecule has 2 saturated heterocycles. The van der Waals surface area contributed by atoms with Gasteiger partial charge < -0.3 is 14.9 Å². The molecule has 1 atom stereocenters. The molecule has 2 aliphatic heterocycles. The van der Waals surface area contributed by atoms with Crippen LogP contribution in [0.25, 0.3) is 0 Å². The molecule has 0 radical (unpaired) electrons. The van der Waals surface area contributed by atoms with E-state index >= 15 is 0 Å². The molecule has 1 aromatic carbocycles. The number of amides is 1. The third-order valence-electron chi connectivity index (χ3n) is 5.36. The van der Waals surface area contributed by atoms with Crippen LogP contribution >= 0.6 is 0 Å². The molecule has 0 aliphatic carbocycles. The van der Waals surface area contributed by atoms with Gasteiger partial charge in [-0.25, -0.2) is 4.39 Å². The fourth-order valence-electron chi connectivity index (χ4n) is 3.94. The second kappa shape index (κ2) is 8.63. The maximum atomic E-state index is 13.9. The van der Waals surface area contributed by atoms with Gasteiger partial charge in [-0.05, 0) is 44.4 Å². The molecular formula is C19H28FN3O2. The first kappa shape index (κ1) is 18.1. The molecular weight excluding hydrogens is 321 g/mol. The molecule has 3 rings (SSSR count). The molecule has 0 saturated carbocycles. The number of piperazine rings is 1. The van der Waals surface area contributed by atoms with Gasteiger partial charge in [0.1, 0.15) is 5.82 Å². The average molecular weight is 349 g/mol.